The van der Waals surface area contributed by atoms with Crippen molar-refractivity contribution in [3.63, 3.8) is 0 Å². The Bertz CT molecular complexity index is 2520. The summed E-state index contributed by atoms with van der Waals surface area (Å²) >= 11 is 0. The lowest BCUT2D eigenvalue weighted by atomic mass is 10.0. The lowest BCUT2D eigenvalue weighted by Gasteiger charge is -2.12. The highest BCUT2D eigenvalue weighted by Crippen LogP contribution is 2.35. The van der Waals surface area contributed by atoms with Crippen molar-refractivity contribution in [2.75, 3.05) is 13.2 Å². The maximum absolute atomic E-state index is 14.5. The molecule has 0 fully saturated rings. The Kier molecular flexibility index (Phi) is 10.1. The number of hydrogen-bond acceptors (Lipinski definition) is 12. The first kappa shape index (κ1) is 39.0. The van der Waals surface area contributed by atoms with E-state index >= 15 is 0 Å². The fraction of sp³-hybridized carbons (Fsp3) is 0.250. The third-order valence-electron chi connectivity index (χ3n) is 8.92. The number of fused-ring (bicyclic) bond motifs is 6. The van der Waals surface area contributed by atoms with E-state index in [9.17, 15) is 28.6 Å². The molecule has 6 heterocycles. The molecule has 4 aromatic heterocycles. The van der Waals surface area contributed by atoms with Gasteiger partial charge in [-0.3, -0.25) is 9.59 Å². The summed E-state index contributed by atoms with van der Waals surface area (Å²) in [6.45, 7) is 5.99. The summed E-state index contributed by atoms with van der Waals surface area (Å²) in [6.07, 6.45) is -2.96. The number of benzene rings is 2. The van der Waals surface area contributed by atoms with Gasteiger partial charge in [0.15, 0.2) is 34.9 Å². The van der Waals surface area contributed by atoms with Crippen molar-refractivity contribution in [1.29, 1.82) is 0 Å². The van der Waals surface area contributed by atoms with Crippen molar-refractivity contribution in [3.05, 3.63) is 117 Å². The number of carbonyl (C=O) groups is 2. The van der Waals surface area contributed by atoms with Crippen LogP contribution in [0.1, 0.15) is 92.6 Å². The van der Waals surface area contributed by atoms with Crippen LogP contribution < -0.4 is 20.9 Å². The number of alkyl halides is 2. The third kappa shape index (κ3) is 7.87. The Morgan fingerprint density at radius 1 is 0.707 bits per heavy atom. The standard InChI is InChI=1S/2C20H17FN4O4/c2*1-11-7-18(24-29-11)20(2,27)6-5-12-3-4-17-16(8-12)25-15(13(21)10-28-17)9-14(23-25)19(22)26/h2*3-4,7-9,13,27H,10H2,1-2H3,(H2,22,26)/t13-,20+;13-,20-/m01/s1. The summed E-state index contributed by atoms with van der Waals surface area (Å²) < 4.78 is 52.5. The van der Waals surface area contributed by atoms with Gasteiger partial charge in [-0.2, -0.15) is 10.2 Å². The summed E-state index contributed by atoms with van der Waals surface area (Å²) in [4.78, 5) is 22.9. The number of aliphatic hydroxyl groups is 2. The van der Waals surface area contributed by atoms with Gasteiger partial charge in [-0.25, -0.2) is 18.1 Å². The van der Waals surface area contributed by atoms with E-state index in [0.29, 0.717) is 56.9 Å². The largest absolute Gasteiger partial charge is 0.488 e. The van der Waals surface area contributed by atoms with Crippen LogP contribution in [0.3, 0.4) is 0 Å². The second kappa shape index (κ2) is 15.0. The molecule has 0 spiro atoms. The molecule has 2 aromatic carbocycles. The van der Waals surface area contributed by atoms with Crippen molar-refractivity contribution >= 4 is 11.8 Å². The van der Waals surface area contributed by atoms with Gasteiger partial charge in [0.05, 0.1) is 11.4 Å². The SMILES string of the molecule is Cc1cc([C@](C)(O)C#Cc2ccc3c(c2)-n2nc(C(N)=O)cc2[C@@H](F)CO3)no1.Cc1cc([C@](C)(O)C#Cc2ccc3c(c2)-n2nc(C(N)=O)cc2[C@H](F)CO3)no1. The zero-order valence-electron chi connectivity index (χ0n) is 31.3. The maximum Gasteiger partial charge on any atom is 0.269 e. The molecule has 16 nitrogen and oxygen atoms in total. The number of nitrogens with zero attached hydrogens (tertiary/aromatic N) is 6. The highest BCUT2D eigenvalue weighted by Gasteiger charge is 2.29. The normalized spacial score (nSPS) is 17.0. The smallest absolute Gasteiger partial charge is 0.269 e. The molecule has 58 heavy (non-hydrogen) atoms. The summed E-state index contributed by atoms with van der Waals surface area (Å²) in [6, 6.07) is 15.7. The summed E-state index contributed by atoms with van der Waals surface area (Å²) in [5.41, 5.74) is 10.2. The number of rotatable bonds is 4. The van der Waals surface area contributed by atoms with Gasteiger partial charge in [-0.1, -0.05) is 34.0 Å². The van der Waals surface area contributed by atoms with Crippen LogP contribution in [0.5, 0.6) is 11.5 Å². The predicted octanol–water partition coefficient (Wildman–Crippen LogP) is 3.86. The summed E-state index contributed by atoms with van der Waals surface area (Å²) in [5, 5.41) is 36.9. The molecule has 18 heteroatoms. The number of nitrogens with two attached hydrogens (primary N) is 2. The molecule has 8 rings (SSSR count). The van der Waals surface area contributed by atoms with Gasteiger partial charge in [0.2, 0.25) is 0 Å². The zero-order valence-corrected chi connectivity index (χ0v) is 31.3. The van der Waals surface area contributed by atoms with Crippen LogP contribution in [0, 0.1) is 37.5 Å². The van der Waals surface area contributed by atoms with E-state index in [1.54, 1.807) is 62.4 Å². The molecule has 2 aliphatic heterocycles. The van der Waals surface area contributed by atoms with E-state index in [4.69, 9.17) is 30.0 Å². The Morgan fingerprint density at radius 2 is 1.10 bits per heavy atom. The van der Waals surface area contributed by atoms with E-state index in [2.05, 4.69) is 44.2 Å². The Hall–Kier alpha value is -7.28. The van der Waals surface area contributed by atoms with Crippen molar-refractivity contribution in [1.82, 2.24) is 29.9 Å². The molecule has 0 bridgehead atoms. The minimum Gasteiger partial charge on any atom is -0.488 e. The van der Waals surface area contributed by atoms with E-state index in [-0.39, 0.29) is 36.0 Å². The summed E-state index contributed by atoms with van der Waals surface area (Å²) in [7, 11) is 0. The number of hydrogen-bond donors (Lipinski definition) is 4. The molecular weight excluding hydrogens is 758 g/mol. The molecule has 2 amide bonds. The van der Waals surface area contributed by atoms with Crippen LogP contribution in [-0.4, -0.2) is 65.1 Å². The van der Waals surface area contributed by atoms with Gasteiger partial charge in [0.25, 0.3) is 11.8 Å². The first-order valence-electron chi connectivity index (χ1n) is 17.5. The van der Waals surface area contributed by atoms with Gasteiger partial charge in [0.1, 0.15) is 59.0 Å². The van der Waals surface area contributed by atoms with Gasteiger partial charge >= 0.3 is 0 Å². The van der Waals surface area contributed by atoms with Crippen molar-refractivity contribution in [2.45, 2.75) is 51.2 Å². The van der Waals surface area contributed by atoms with Gasteiger partial charge in [0, 0.05) is 23.3 Å². The van der Waals surface area contributed by atoms with Gasteiger partial charge < -0.3 is 40.2 Å². The van der Waals surface area contributed by atoms with Crippen LogP contribution >= 0.6 is 0 Å². The average Bonchev–Trinajstić information content (AvgIpc) is 4.00. The maximum atomic E-state index is 14.5. The highest BCUT2D eigenvalue weighted by atomic mass is 19.1. The molecule has 0 saturated heterocycles. The molecular formula is C40H34F2N8O8. The molecule has 0 aliphatic carbocycles. The van der Waals surface area contributed by atoms with Gasteiger partial charge in [-0.05, 0) is 76.2 Å². The molecule has 6 aromatic rings. The average molecular weight is 793 g/mol. The van der Waals surface area contributed by atoms with E-state index in [1.165, 1.54) is 35.3 Å². The number of carbonyl (C=O) groups excluding carboxylic acids is 2. The lowest BCUT2D eigenvalue weighted by Crippen LogP contribution is -2.18. The Morgan fingerprint density at radius 3 is 1.45 bits per heavy atom. The molecule has 0 radical (unpaired) electrons. The van der Waals surface area contributed by atoms with Crippen molar-refractivity contribution in [3.8, 4) is 46.6 Å². The van der Waals surface area contributed by atoms with Crippen molar-refractivity contribution < 1.29 is 47.1 Å². The van der Waals surface area contributed by atoms with Crippen LogP contribution in [0.4, 0.5) is 8.78 Å². The lowest BCUT2D eigenvalue weighted by molar-refractivity contribution is 0.0986. The Labute approximate surface area is 328 Å². The number of ether oxygens (including phenoxy) is 2. The molecule has 0 saturated carbocycles. The van der Waals surface area contributed by atoms with Gasteiger partial charge in [-0.15, -0.1) is 0 Å². The van der Waals surface area contributed by atoms with E-state index in [1.807, 2.05) is 0 Å². The van der Waals surface area contributed by atoms with Crippen LogP contribution in [-0.2, 0) is 11.2 Å². The predicted molar refractivity (Wildman–Crippen MR) is 198 cm³/mol. The molecule has 0 unspecified atom stereocenters. The van der Waals surface area contributed by atoms with Crippen LogP contribution in [0.15, 0.2) is 69.7 Å². The third-order valence-corrected chi connectivity index (χ3v) is 8.92. The fourth-order valence-electron chi connectivity index (χ4n) is 5.83. The molecule has 4 atom stereocenters. The minimum absolute atomic E-state index is 0.0451. The summed E-state index contributed by atoms with van der Waals surface area (Å²) in [5.74, 6) is 11.6. The number of primary amides is 2. The van der Waals surface area contributed by atoms with E-state index < -0.39 is 35.4 Å². The van der Waals surface area contributed by atoms with Crippen LogP contribution in [0.25, 0.3) is 11.4 Å². The second-order valence-corrected chi connectivity index (χ2v) is 13.7. The monoisotopic (exact) mass is 792 g/mol. The first-order chi connectivity index (χ1) is 27.5. The van der Waals surface area contributed by atoms with Crippen LogP contribution in [0.2, 0.25) is 0 Å². The van der Waals surface area contributed by atoms with E-state index in [0.717, 1.165) is 0 Å². The second-order valence-electron chi connectivity index (χ2n) is 13.7. The highest BCUT2D eigenvalue weighted by molar-refractivity contribution is 5.91. The topological polar surface area (TPSA) is 233 Å². The fourth-order valence-corrected chi connectivity index (χ4v) is 5.83. The first-order valence-corrected chi connectivity index (χ1v) is 17.5. The minimum atomic E-state index is -1.53. The number of amides is 2. The Balaban J connectivity index is 0.000000177. The quantitative estimate of drug-likeness (QED) is 0.187. The van der Waals surface area contributed by atoms with Crippen molar-refractivity contribution in [2.24, 2.45) is 11.5 Å². The number of aryl methyl sites for hydroxylation is 2. The molecule has 296 valence electrons. The zero-order chi connectivity index (χ0) is 41.5. The molecule has 6 N–H and O–H groups in total. The number of halogens is 2. The molecule has 2 aliphatic rings. The number of aromatic nitrogens is 6.